The van der Waals surface area contributed by atoms with Crippen LogP contribution >= 0.6 is 0 Å². The van der Waals surface area contributed by atoms with Gasteiger partial charge in [0.05, 0.1) is 26.0 Å². The van der Waals surface area contributed by atoms with E-state index in [2.05, 4.69) is 4.74 Å². The molecule has 1 atom stereocenters. The van der Waals surface area contributed by atoms with Crippen LogP contribution in [0.1, 0.15) is 20.3 Å². The summed E-state index contributed by atoms with van der Waals surface area (Å²) < 4.78 is 35.2. The van der Waals surface area contributed by atoms with Gasteiger partial charge >= 0.3 is 5.97 Å². The molecule has 1 fully saturated rings. The Morgan fingerprint density at radius 3 is 2.72 bits per heavy atom. The lowest BCUT2D eigenvalue weighted by Crippen LogP contribution is -2.49. The number of sulfonamides is 1. The molecule has 1 unspecified atom stereocenters. The molecule has 106 valence electrons. The van der Waals surface area contributed by atoms with Crippen molar-refractivity contribution in [3.8, 4) is 0 Å². The quantitative estimate of drug-likeness (QED) is 0.674. The zero-order chi connectivity index (χ0) is 13.8. The first-order chi connectivity index (χ1) is 8.36. The predicted octanol–water partition coefficient (Wildman–Crippen LogP) is 0.236. The van der Waals surface area contributed by atoms with Gasteiger partial charge in [0.1, 0.15) is 0 Å². The van der Waals surface area contributed by atoms with E-state index in [4.69, 9.17) is 4.74 Å². The van der Waals surface area contributed by atoms with E-state index in [1.54, 1.807) is 0 Å². The number of rotatable bonds is 5. The summed E-state index contributed by atoms with van der Waals surface area (Å²) in [5.74, 6) is -0.0885. The summed E-state index contributed by atoms with van der Waals surface area (Å²) in [6, 6.07) is 0. The molecular formula is C11H21NO5S. The van der Waals surface area contributed by atoms with Gasteiger partial charge in [-0.15, -0.1) is 0 Å². The maximum absolute atomic E-state index is 12.1. The zero-order valence-corrected chi connectivity index (χ0v) is 11.9. The summed E-state index contributed by atoms with van der Waals surface area (Å²) in [7, 11) is -2.05. The van der Waals surface area contributed by atoms with Crippen molar-refractivity contribution >= 4 is 16.0 Å². The van der Waals surface area contributed by atoms with Crippen LogP contribution < -0.4 is 0 Å². The number of carbonyl (C=O) groups is 1. The largest absolute Gasteiger partial charge is 0.467 e. The number of methoxy groups -OCH3 is 1. The summed E-state index contributed by atoms with van der Waals surface area (Å²) in [5.41, 5.74) is 0. The Balaban J connectivity index is 2.62. The highest BCUT2D eigenvalue weighted by molar-refractivity contribution is 7.89. The van der Waals surface area contributed by atoms with Gasteiger partial charge in [-0.25, -0.2) is 13.2 Å². The molecule has 0 amide bonds. The summed E-state index contributed by atoms with van der Waals surface area (Å²) in [6.45, 7) is 4.53. The number of esters is 1. The maximum atomic E-state index is 12.1. The van der Waals surface area contributed by atoms with Crippen molar-refractivity contribution in [3.63, 3.8) is 0 Å². The molecule has 7 heteroatoms. The van der Waals surface area contributed by atoms with Crippen LogP contribution in [0.5, 0.6) is 0 Å². The van der Waals surface area contributed by atoms with Crippen LogP contribution in [0.3, 0.4) is 0 Å². The Hall–Kier alpha value is -0.660. The fourth-order valence-electron chi connectivity index (χ4n) is 1.67. The molecule has 18 heavy (non-hydrogen) atoms. The summed E-state index contributed by atoms with van der Waals surface area (Å²) in [5, 5.41) is 0. The van der Waals surface area contributed by atoms with Crippen molar-refractivity contribution in [1.82, 2.24) is 4.31 Å². The van der Waals surface area contributed by atoms with Gasteiger partial charge in [0, 0.05) is 6.54 Å². The topological polar surface area (TPSA) is 72.9 Å². The van der Waals surface area contributed by atoms with Gasteiger partial charge in [-0.1, -0.05) is 13.8 Å². The predicted molar refractivity (Wildman–Crippen MR) is 66.6 cm³/mol. The number of ether oxygens (including phenoxy) is 2. The molecule has 1 aliphatic heterocycles. The molecule has 1 heterocycles. The lowest BCUT2D eigenvalue weighted by Gasteiger charge is -2.30. The fraction of sp³-hybridized carbons (Fsp3) is 0.909. The van der Waals surface area contributed by atoms with Crippen LogP contribution in [-0.4, -0.2) is 57.4 Å². The minimum atomic E-state index is -3.31. The maximum Gasteiger partial charge on any atom is 0.336 e. The van der Waals surface area contributed by atoms with E-state index in [0.717, 1.165) is 0 Å². The zero-order valence-electron chi connectivity index (χ0n) is 11.1. The molecule has 0 spiro atoms. The Labute approximate surface area is 108 Å². The van der Waals surface area contributed by atoms with Crippen molar-refractivity contribution in [2.24, 2.45) is 5.92 Å². The average molecular weight is 279 g/mol. The van der Waals surface area contributed by atoms with Gasteiger partial charge < -0.3 is 9.47 Å². The Morgan fingerprint density at radius 1 is 1.50 bits per heavy atom. The lowest BCUT2D eigenvalue weighted by atomic mass is 10.2. The molecule has 1 rings (SSSR count). The molecule has 0 saturated carbocycles. The van der Waals surface area contributed by atoms with Crippen LogP contribution in [0, 0.1) is 5.92 Å². The highest BCUT2D eigenvalue weighted by Gasteiger charge is 2.33. The summed E-state index contributed by atoms with van der Waals surface area (Å²) >= 11 is 0. The molecule has 0 aromatic rings. The van der Waals surface area contributed by atoms with Gasteiger partial charge in [0.15, 0.2) is 6.10 Å². The molecule has 6 nitrogen and oxygen atoms in total. The van der Waals surface area contributed by atoms with Gasteiger partial charge in [-0.3, -0.25) is 0 Å². The molecule has 0 N–H and O–H groups in total. The second-order valence-corrected chi connectivity index (χ2v) is 6.83. The second-order valence-electron chi connectivity index (χ2n) is 4.74. The number of morpholine rings is 1. The monoisotopic (exact) mass is 279 g/mol. The first-order valence-corrected chi connectivity index (χ1v) is 7.65. The second kappa shape index (κ2) is 6.49. The molecular weight excluding hydrogens is 258 g/mol. The minimum absolute atomic E-state index is 0.0487. The number of nitrogens with zero attached hydrogens (tertiary/aromatic N) is 1. The first kappa shape index (κ1) is 15.4. The third-order valence-corrected chi connectivity index (χ3v) is 4.71. The Morgan fingerprint density at radius 2 is 2.17 bits per heavy atom. The Bertz CT molecular complexity index is 379. The van der Waals surface area contributed by atoms with E-state index in [1.807, 2.05) is 13.8 Å². The van der Waals surface area contributed by atoms with E-state index < -0.39 is 22.1 Å². The molecule has 1 saturated heterocycles. The molecule has 0 aliphatic carbocycles. The van der Waals surface area contributed by atoms with Crippen LogP contribution in [0.15, 0.2) is 0 Å². The summed E-state index contributed by atoms with van der Waals surface area (Å²) in [6.07, 6.45) is -0.194. The van der Waals surface area contributed by atoms with E-state index in [1.165, 1.54) is 11.4 Å². The highest BCUT2D eigenvalue weighted by atomic mass is 32.2. The van der Waals surface area contributed by atoms with Crippen molar-refractivity contribution in [2.45, 2.75) is 26.4 Å². The van der Waals surface area contributed by atoms with Crippen LogP contribution in [-0.2, 0) is 24.3 Å². The number of hydrogen-bond donors (Lipinski definition) is 0. The molecule has 1 aliphatic rings. The minimum Gasteiger partial charge on any atom is -0.467 e. The third kappa shape index (κ3) is 4.22. The Kier molecular flexibility index (Phi) is 5.55. The van der Waals surface area contributed by atoms with Gasteiger partial charge in [-0.05, 0) is 12.3 Å². The van der Waals surface area contributed by atoms with Crippen LogP contribution in [0.25, 0.3) is 0 Å². The first-order valence-electron chi connectivity index (χ1n) is 6.04. The van der Waals surface area contributed by atoms with Crippen LogP contribution in [0.2, 0.25) is 0 Å². The average Bonchev–Trinajstić information content (AvgIpc) is 2.35. The SMILES string of the molecule is COC(=O)C1CN(S(=O)(=O)CCC(C)C)CCO1. The number of hydrogen-bond acceptors (Lipinski definition) is 5. The summed E-state index contributed by atoms with van der Waals surface area (Å²) in [4.78, 5) is 11.3. The number of carbonyl (C=O) groups excluding carboxylic acids is 1. The van der Waals surface area contributed by atoms with E-state index in [9.17, 15) is 13.2 Å². The third-order valence-electron chi connectivity index (χ3n) is 2.84. The molecule has 0 aromatic heterocycles. The smallest absolute Gasteiger partial charge is 0.336 e. The van der Waals surface area contributed by atoms with Gasteiger partial charge in [0.25, 0.3) is 0 Å². The van der Waals surface area contributed by atoms with E-state index >= 15 is 0 Å². The van der Waals surface area contributed by atoms with E-state index in [0.29, 0.717) is 18.9 Å². The normalized spacial score (nSPS) is 22.1. The molecule has 0 aromatic carbocycles. The molecule has 0 radical (unpaired) electrons. The highest BCUT2D eigenvalue weighted by Crippen LogP contribution is 2.14. The van der Waals surface area contributed by atoms with Crippen molar-refractivity contribution in [3.05, 3.63) is 0 Å². The van der Waals surface area contributed by atoms with Gasteiger partial charge in [0.2, 0.25) is 10.0 Å². The van der Waals surface area contributed by atoms with E-state index in [-0.39, 0.29) is 18.9 Å². The fourth-order valence-corrected chi connectivity index (χ4v) is 3.41. The molecule has 0 bridgehead atoms. The van der Waals surface area contributed by atoms with Gasteiger partial charge in [-0.2, -0.15) is 4.31 Å². The van der Waals surface area contributed by atoms with Crippen molar-refractivity contribution in [2.75, 3.05) is 32.6 Å². The lowest BCUT2D eigenvalue weighted by molar-refractivity contribution is -0.157. The van der Waals surface area contributed by atoms with Crippen molar-refractivity contribution in [1.29, 1.82) is 0 Å². The standard InChI is InChI=1S/C11H21NO5S/c1-9(2)4-7-18(14,15)12-5-6-17-10(8-12)11(13)16-3/h9-10H,4-8H2,1-3H3. The van der Waals surface area contributed by atoms with Crippen LogP contribution in [0.4, 0.5) is 0 Å². The van der Waals surface area contributed by atoms with Crippen molar-refractivity contribution < 1.29 is 22.7 Å².